The molecule has 0 amide bonds. The van der Waals surface area contributed by atoms with E-state index >= 15 is 0 Å². The average molecular weight is 297 g/mol. The van der Waals surface area contributed by atoms with Crippen LogP contribution in [0.5, 0.6) is 0 Å². The van der Waals surface area contributed by atoms with Gasteiger partial charge in [-0.25, -0.2) is 0 Å². The van der Waals surface area contributed by atoms with Gasteiger partial charge >= 0.3 is 0 Å². The number of nitrogens with zero attached hydrogens (tertiary/aromatic N) is 1. The molecule has 0 aromatic rings. The first kappa shape index (κ1) is 19.0. The average Bonchev–Trinajstić information content (AvgIpc) is 2.41. The maximum atomic E-state index is 3.80. The standard InChI is InChI=1S/C19H40N2/c1-8-10-11-16(9-2)13-21-14-17(15(3)4)20-12-18(21)19(5,6)7/h15-18,20H,8-14H2,1-7H3. The van der Waals surface area contributed by atoms with Crippen molar-refractivity contribution >= 4 is 0 Å². The third-order valence-corrected chi connectivity index (χ3v) is 5.29. The SMILES string of the molecule is CCCCC(CC)CN1CC(C(C)C)NCC1C(C)(C)C. The van der Waals surface area contributed by atoms with Crippen LogP contribution in [-0.4, -0.2) is 36.6 Å². The molecular formula is C19H40N2. The lowest BCUT2D eigenvalue weighted by molar-refractivity contribution is 0.0323. The Balaban J connectivity index is 2.73. The van der Waals surface area contributed by atoms with E-state index in [9.17, 15) is 0 Å². The van der Waals surface area contributed by atoms with Gasteiger partial charge in [0.2, 0.25) is 0 Å². The molecule has 1 aliphatic heterocycles. The Kier molecular flexibility index (Phi) is 7.70. The highest BCUT2D eigenvalue weighted by Gasteiger charge is 2.36. The van der Waals surface area contributed by atoms with E-state index in [0.717, 1.165) is 18.4 Å². The highest BCUT2D eigenvalue weighted by molar-refractivity contribution is 4.93. The summed E-state index contributed by atoms with van der Waals surface area (Å²) < 4.78 is 0. The molecule has 2 heteroatoms. The van der Waals surface area contributed by atoms with Crippen LogP contribution in [0.3, 0.4) is 0 Å². The molecule has 3 unspecified atom stereocenters. The molecule has 1 aliphatic rings. The van der Waals surface area contributed by atoms with E-state index in [0.29, 0.717) is 17.5 Å². The largest absolute Gasteiger partial charge is 0.311 e. The van der Waals surface area contributed by atoms with E-state index in [-0.39, 0.29) is 0 Å². The molecule has 126 valence electrons. The minimum absolute atomic E-state index is 0.359. The van der Waals surface area contributed by atoms with E-state index in [1.54, 1.807) is 0 Å². The second-order valence-corrected chi connectivity index (χ2v) is 8.51. The zero-order chi connectivity index (χ0) is 16.0. The predicted molar refractivity (Wildman–Crippen MR) is 94.8 cm³/mol. The molecule has 1 rings (SSSR count). The third-order valence-electron chi connectivity index (χ3n) is 5.29. The molecule has 0 bridgehead atoms. The van der Waals surface area contributed by atoms with Crippen LogP contribution in [-0.2, 0) is 0 Å². The number of rotatable bonds is 7. The van der Waals surface area contributed by atoms with Gasteiger partial charge < -0.3 is 5.32 Å². The molecule has 2 nitrogen and oxygen atoms in total. The van der Waals surface area contributed by atoms with Crippen LogP contribution >= 0.6 is 0 Å². The van der Waals surface area contributed by atoms with Gasteiger partial charge in [-0.2, -0.15) is 0 Å². The van der Waals surface area contributed by atoms with Crippen molar-refractivity contribution < 1.29 is 0 Å². The van der Waals surface area contributed by atoms with E-state index in [4.69, 9.17) is 0 Å². The number of hydrogen-bond acceptors (Lipinski definition) is 2. The Labute approximate surface area is 134 Å². The van der Waals surface area contributed by atoms with Gasteiger partial charge in [-0.05, 0) is 23.7 Å². The maximum absolute atomic E-state index is 3.80. The van der Waals surface area contributed by atoms with Gasteiger partial charge in [-0.1, -0.05) is 67.7 Å². The van der Waals surface area contributed by atoms with Crippen LogP contribution < -0.4 is 5.32 Å². The summed E-state index contributed by atoms with van der Waals surface area (Å²) in [4.78, 5) is 2.81. The molecule has 1 saturated heterocycles. The zero-order valence-corrected chi connectivity index (χ0v) is 15.7. The lowest BCUT2D eigenvalue weighted by Crippen LogP contribution is -2.62. The summed E-state index contributed by atoms with van der Waals surface area (Å²) in [6.45, 7) is 20.2. The Hall–Kier alpha value is -0.0800. The van der Waals surface area contributed by atoms with E-state index in [2.05, 4.69) is 58.7 Å². The number of nitrogens with one attached hydrogen (secondary N) is 1. The van der Waals surface area contributed by atoms with Crippen LogP contribution in [0.25, 0.3) is 0 Å². The zero-order valence-electron chi connectivity index (χ0n) is 15.7. The highest BCUT2D eigenvalue weighted by atomic mass is 15.2. The van der Waals surface area contributed by atoms with Crippen molar-refractivity contribution in [3.05, 3.63) is 0 Å². The van der Waals surface area contributed by atoms with Crippen molar-refractivity contribution in [1.29, 1.82) is 0 Å². The van der Waals surface area contributed by atoms with E-state index in [1.165, 1.54) is 38.8 Å². The molecule has 0 aromatic carbocycles. The third kappa shape index (κ3) is 5.90. The topological polar surface area (TPSA) is 15.3 Å². The van der Waals surface area contributed by atoms with Gasteiger partial charge in [-0.3, -0.25) is 4.90 Å². The molecule has 1 heterocycles. The van der Waals surface area contributed by atoms with Gasteiger partial charge in [0.05, 0.1) is 0 Å². The van der Waals surface area contributed by atoms with Gasteiger partial charge in [0.15, 0.2) is 0 Å². The fraction of sp³-hybridized carbons (Fsp3) is 1.00. The molecule has 3 atom stereocenters. The maximum Gasteiger partial charge on any atom is 0.0269 e. The molecule has 0 radical (unpaired) electrons. The van der Waals surface area contributed by atoms with Gasteiger partial charge in [0, 0.05) is 31.7 Å². The normalized spacial score (nSPS) is 26.3. The van der Waals surface area contributed by atoms with Crippen molar-refractivity contribution in [2.45, 2.75) is 86.2 Å². The first-order chi connectivity index (χ1) is 9.79. The van der Waals surface area contributed by atoms with Gasteiger partial charge in [0.25, 0.3) is 0 Å². The smallest absolute Gasteiger partial charge is 0.0269 e. The Bertz CT molecular complexity index is 280. The van der Waals surface area contributed by atoms with E-state index in [1.807, 2.05) is 0 Å². The Morgan fingerprint density at radius 2 is 1.86 bits per heavy atom. The lowest BCUT2D eigenvalue weighted by atomic mass is 9.82. The minimum Gasteiger partial charge on any atom is -0.311 e. The van der Waals surface area contributed by atoms with Crippen molar-refractivity contribution in [1.82, 2.24) is 10.2 Å². The summed E-state index contributed by atoms with van der Waals surface area (Å²) in [5, 5.41) is 3.80. The number of piperazine rings is 1. The van der Waals surface area contributed by atoms with Crippen molar-refractivity contribution in [3.63, 3.8) is 0 Å². The van der Waals surface area contributed by atoms with Gasteiger partial charge in [-0.15, -0.1) is 0 Å². The highest BCUT2D eigenvalue weighted by Crippen LogP contribution is 2.29. The predicted octanol–water partition coefficient (Wildman–Crippen LogP) is 4.55. The summed E-state index contributed by atoms with van der Waals surface area (Å²) in [6, 6.07) is 1.33. The minimum atomic E-state index is 0.359. The van der Waals surface area contributed by atoms with Crippen molar-refractivity contribution in [3.8, 4) is 0 Å². The number of unbranched alkanes of at least 4 members (excludes halogenated alkanes) is 1. The molecule has 0 spiro atoms. The van der Waals surface area contributed by atoms with Crippen LogP contribution in [0.4, 0.5) is 0 Å². The van der Waals surface area contributed by atoms with Crippen molar-refractivity contribution in [2.75, 3.05) is 19.6 Å². The summed E-state index contributed by atoms with van der Waals surface area (Å²) in [5.74, 6) is 1.60. The molecule has 0 aliphatic carbocycles. The van der Waals surface area contributed by atoms with E-state index < -0.39 is 0 Å². The summed E-state index contributed by atoms with van der Waals surface area (Å²) in [6.07, 6.45) is 5.45. The van der Waals surface area contributed by atoms with Crippen LogP contribution in [0.1, 0.15) is 74.1 Å². The second kappa shape index (κ2) is 8.53. The fourth-order valence-corrected chi connectivity index (χ4v) is 3.59. The lowest BCUT2D eigenvalue weighted by Gasteiger charge is -2.48. The molecule has 1 N–H and O–H groups in total. The Morgan fingerprint density at radius 3 is 2.33 bits per heavy atom. The summed E-state index contributed by atoms with van der Waals surface area (Å²) in [7, 11) is 0. The summed E-state index contributed by atoms with van der Waals surface area (Å²) >= 11 is 0. The van der Waals surface area contributed by atoms with Gasteiger partial charge in [0.1, 0.15) is 0 Å². The van der Waals surface area contributed by atoms with Crippen LogP contribution in [0.2, 0.25) is 0 Å². The Morgan fingerprint density at radius 1 is 1.19 bits per heavy atom. The first-order valence-electron chi connectivity index (χ1n) is 9.27. The molecule has 0 saturated carbocycles. The monoisotopic (exact) mass is 296 g/mol. The quantitative estimate of drug-likeness (QED) is 0.741. The molecule has 21 heavy (non-hydrogen) atoms. The molecular weight excluding hydrogens is 256 g/mol. The van der Waals surface area contributed by atoms with Crippen LogP contribution in [0.15, 0.2) is 0 Å². The molecule has 0 aromatic heterocycles. The summed E-state index contributed by atoms with van der Waals surface area (Å²) in [5.41, 5.74) is 0.359. The van der Waals surface area contributed by atoms with Crippen LogP contribution in [0, 0.1) is 17.3 Å². The first-order valence-corrected chi connectivity index (χ1v) is 9.27. The fourth-order valence-electron chi connectivity index (χ4n) is 3.59. The molecule has 1 fully saturated rings. The number of hydrogen-bond donors (Lipinski definition) is 1. The van der Waals surface area contributed by atoms with Crippen molar-refractivity contribution in [2.24, 2.45) is 17.3 Å². The second-order valence-electron chi connectivity index (χ2n) is 8.51.